The number of sulfonamides is 1. The molecule has 1 aliphatic carbocycles. The molecule has 1 aromatic carbocycles. The van der Waals surface area contributed by atoms with Crippen molar-refractivity contribution in [1.82, 2.24) is 19.1 Å². The number of ether oxygens (including phenoxy) is 1. The molecule has 0 amide bonds. The lowest BCUT2D eigenvalue weighted by Crippen LogP contribution is -2.33. The number of halogens is 3. The van der Waals surface area contributed by atoms with Crippen LogP contribution in [0.25, 0.3) is 0 Å². The van der Waals surface area contributed by atoms with E-state index in [4.69, 9.17) is 21.4 Å². The highest BCUT2D eigenvalue weighted by molar-refractivity contribution is 9.10. The number of aromatic nitrogens is 3. The molecule has 0 spiro atoms. The van der Waals surface area contributed by atoms with E-state index in [1.54, 1.807) is 0 Å². The number of rotatable bonds is 7. The molecule has 34 heavy (non-hydrogen) atoms. The maximum absolute atomic E-state index is 13.4. The van der Waals surface area contributed by atoms with Crippen molar-refractivity contribution < 1.29 is 27.4 Å². The number of carbonyl (C=O) groups is 1. The zero-order chi connectivity index (χ0) is 24.6. The molecule has 1 unspecified atom stereocenters. The van der Waals surface area contributed by atoms with E-state index in [1.807, 2.05) is 0 Å². The largest absolute Gasteiger partial charge is 0.480 e. The summed E-state index contributed by atoms with van der Waals surface area (Å²) in [5, 5.41) is 13.3. The zero-order valence-electron chi connectivity index (χ0n) is 17.8. The number of carboxylic acid groups (broad SMARTS) is 1. The third kappa shape index (κ3) is 4.81. The third-order valence-corrected chi connectivity index (χ3v) is 8.21. The van der Waals surface area contributed by atoms with Gasteiger partial charge in [0.05, 0.1) is 27.9 Å². The summed E-state index contributed by atoms with van der Waals surface area (Å²) in [6, 6.07) is 4.48. The Morgan fingerprint density at radius 1 is 1.38 bits per heavy atom. The van der Waals surface area contributed by atoms with Crippen LogP contribution in [0.1, 0.15) is 30.1 Å². The summed E-state index contributed by atoms with van der Waals surface area (Å²) in [5.41, 5.74) is 1.41. The molecule has 1 aliphatic rings. The highest BCUT2D eigenvalue weighted by Gasteiger charge is 2.34. The van der Waals surface area contributed by atoms with Gasteiger partial charge in [-0.2, -0.15) is 9.40 Å². The normalized spacial score (nSPS) is 15.9. The lowest BCUT2D eigenvalue weighted by atomic mass is 9.93. The molecule has 9 nitrogen and oxygen atoms in total. The van der Waals surface area contributed by atoms with Gasteiger partial charge in [0.1, 0.15) is 23.0 Å². The summed E-state index contributed by atoms with van der Waals surface area (Å²) in [4.78, 5) is 15.1. The fourth-order valence-electron chi connectivity index (χ4n) is 3.86. The van der Waals surface area contributed by atoms with E-state index in [9.17, 15) is 17.6 Å². The van der Waals surface area contributed by atoms with Crippen molar-refractivity contribution in [3.63, 3.8) is 0 Å². The first-order chi connectivity index (χ1) is 16.1. The van der Waals surface area contributed by atoms with Gasteiger partial charge in [-0.05, 0) is 59.5 Å². The smallest absolute Gasteiger partial charge is 0.325 e. The molecule has 0 aliphatic heterocycles. The number of carboxylic acids is 1. The van der Waals surface area contributed by atoms with Gasteiger partial charge in [0, 0.05) is 18.3 Å². The summed E-state index contributed by atoms with van der Waals surface area (Å²) in [5.74, 6) is -1.32. The Balaban J connectivity index is 1.59. The van der Waals surface area contributed by atoms with Gasteiger partial charge >= 0.3 is 5.97 Å². The van der Waals surface area contributed by atoms with Gasteiger partial charge in [0.25, 0.3) is 0 Å². The molecule has 3 aromatic rings. The second-order valence-corrected chi connectivity index (χ2v) is 10.9. The molecule has 0 bridgehead atoms. The van der Waals surface area contributed by atoms with Gasteiger partial charge in [-0.25, -0.2) is 17.8 Å². The average molecular weight is 574 g/mol. The Morgan fingerprint density at radius 2 is 2.15 bits per heavy atom. The first-order valence-electron chi connectivity index (χ1n) is 10.1. The topological polar surface area (TPSA) is 115 Å². The molecule has 180 valence electrons. The van der Waals surface area contributed by atoms with Crippen LogP contribution in [-0.2, 0) is 27.8 Å². The number of aliphatic carboxylic acids is 1. The van der Waals surface area contributed by atoms with Crippen molar-refractivity contribution in [1.29, 1.82) is 0 Å². The highest BCUT2D eigenvalue weighted by atomic mass is 79.9. The van der Waals surface area contributed by atoms with E-state index in [1.165, 1.54) is 46.6 Å². The van der Waals surface area contributed by atoms with Crippen LogP contribution in [0.4, 0.5) is 4.39 Å². The van der Waals surface area contributed by atoms with Crippen LogP contribution in [0.15, 0.2) is 46.0 Å². The Morgan fingerprint density at radius 3 is 2.82 bits per heavy atom. The Bertz CT molecular complexity index is 1370. The molecule has 0 radical (unpaired) electrons. The summed E-state index contributed by atoms with van der Waals surface area (Å²) in [7, 11) is -2.49. The monoisotopic (exact) mass is 572 g/mol. The van der Waals surface area contributed by atoms with E-state index >= 15 is 0 Å². The summed E-state index contributed by atoms with van der Waals surface area (Å²) in [6.07, 6.45) is 4.58. The Kier molecular flexibility index (Phi) is 6.94. The SMILES string of the molecule is CN(C1CCCc2c1cnn2CC(=O)O)S(=O)(=O)c1cnc(Oc2ccc(F)cc2Cl)c(Br)c1. The van der Waals surface area contributed by atoms with E-state index in [-0.39, 0.29) is 32.6 Å². The van der Waals surface area contributed by atoms with Gasteiger partial charge in [0.2, 0.25) is 15.9 Å². The standard InChI is InChI=1S/C21H19BrClFN4O5S/c1-27(17-3-2-4-18-14(17)10-26-28(18)11-20(29)30)34(31,32)13-8-15(22)21(25-9-13)33-19-6-5-12(24)7-16(19)23/h5-10,17H,2-4,11H2,1H3,(H,29,30). The van der Waals surface area contributed by atoms with Crippen LogP contribution < -0.4 is 4.74 Å². The molecule has 4 rings (SSSR count). The Labute approximate surface area is 208 Å². The van der Waals surface area contributed by atoms with Crippen LogP contribution in [0, 0.1) is 5.82 Å². The Hall–Kier alpha value is -2.54. The molecule has 1 atom stereocenters. The second-order valence-electron chi connectivity index (χ2n) is 7.66. The van der Waals surface area contributed by atoms with Crippen LogP contribution in [-0.4, -0.2) is 45.6 Å². The van der Waals surface area contributed by atoms with Crippen LogP contribution in [0.5, 0.6) is 11.6 Å². The molecule has 13 heteroatoms. The predicted molar refractivity (Wildman–Crippen MR) is 124 cm³/mol. The lowest BCUT2D eigenvalue weighted by molar-refractivity contribution is -0.137. The van der Waals surface area contributed by atoms with E-state index < -0.39 is 27.9 Å². The van der Waals surface area contributed by atoms with Crippen LogP contribution in [0.3, 0.4) is 0 Å². The van der Waals surface area contributed by atoms with Crippen LogP contribution in [0.2, 0.25) is 5.02 Å². The minimum absolute atomic E-state index is 0.0432. The fraction of sp³-hybridized carbons (Fsp3) is 0.286. The van der Waals surface area contributed by atoms with Crippen molar-refractivity contribution in [3.05, 3.63) is 63.2 Å². The fourth-order valence-corrected chi connectivity index (χ4v) is 5.98. The number of benzene rings is 1. The number of hydrogen-bond acceptors (Lipinski definition) is 6. The van der Waals surface area contributed by atoms with Crippen molar-refractivity contribution in [2.24, 2.45) is 0 Å². The molecule has 2 heterocycles. The average Bonchev–Trinajstić information content (AvgIpc) is 3.18. The van der Waals surface area contributed by atoms with Gasteiger partial charge < -0.3 is 9.84 Å². The predicted octanol–water partition coefficient (Wildman–Crippen LogP) is 4.41. The van der Waals surface area contributed by atoms with E-state index in [2.05, 4.69) is 26.0 Å². The summed E-state index contributed by atoms with van der Waals surface area (Å²) >= 11 is 9.26. The molecule has 0 saturated heterocycles. The van der Waals surface area contributed by atoms with E-state index in [0.29, 0.717) is 24.8 Å². The molecule has 0 fully saturated rings. The third-order valence-electron chi connectivity index (χ3n) is 5.51. The molecule has 1 N–H and O–H groups in total. The lowest BCUT2D eigenvalue weighted by Gasteiger charge is -2.30. The quantitative estimate of drug-likeness (QED) is 0.445. The molecular formula is C21H19BrClFN4O5S. The van der Waals surface area contributed by atoms with E-state index in [0.717, 1.165) is 11.8 Å². The van der Waals surface area contributed by atoms with Crippen LogP contribution >= 0.6 is 27.5 Å². The summed E-state index contributed by atoms with van der Waals surface area (Å²) < 4.78 is 48.5. The number of nitrogens with zero attached hydrogens (tertiary/aromatic N) is 4. The first-order valence-corrected chi connectivity index (χ1v) is 12.7. The molecule has 2 aromatic heterocycles. The van der Waals surface area contributed by atoms with Crippen molar-refractivity contribution in [3.8, 4) is 11.6 Å². The van der Waals surface area contributed by atoms with Gasteiger partial charge in [0.15, 0.2) is 0 Å². The van der Waals surface area contributed by atoms with Crippen molar-refractivity contribution in [2.45, 2.75) is 36.7 Å². The second kappa shape index (κ2) is 9.61. The number of hydrogen-bond donors (Lipinski definition) is 1. The molecular weight excluding hydrogens is 555 g/mol. The number of fused-ring (bicyclic) bond motifs is 1. The maximum atomic E-state index is 13.4. The number of pyridine rings is 1. The highest BCUT2D eigenvalue weighted by Crippen LogP contribution is 2.38. The maximum Gasteiger partial charge on any atom is 0.325 e. The van der Waals surface area contributed by atoms with Gasteiger partial charge in [-0.1, -0.05) is 11.6 Å². The summed E-state index contributed by atoms with van der Waals surface area (Å²) in [6.45, 7) is -0.283. The van der Waals surface area contributed by atoms with Gasteiger partial charge in [-0.15, -0.1) is 0 Å². The van der Waals surface area contributed by atoms with Crippen molar-refractivity contribution >= 4 is 43.5 Å². The minimum Gasteiger partial charge on any atom is -0.480 e. The van der Waals surface area contributed by atoms with Crippen molar-refractivity contribution in [2.75, 3.05) is 7.05 Å². The first kappa shape index (κ1) is 24.6. The van der Waals surface area contributed by atoms with Gasteiger partial charge in [-0.3, -0.25) is 9.48 Å². The molecule has 0 saturated carbocycles. The minimum atomic E-state index is -3.96. The zero-order valence-corrected chi connectivity index (χ0v) is 20.9.